The van der Waals surface area contributed by atoms with Crippen molar-refractivity contribution in [3.8, 4) is 0 Å². The van der Waals surface area contributed by atoms with Crippen molar-refractivity contribution >= 4 is 29.1 Å². The summed E-state index contributed by atoms with van der Waals surface area (Å²) in [6.45, 7) is 3.26. The zero-order valence-electron chi connectivity index (χ0n) is 16.0. The Morgan fingerprint density at radius 3 is 2.79 bits per heavy atom. The predicted octanol–water partition coefficient (Wildman–Crippen LogP) is -0.184. The average molecular weight is 408 g/mol. The van der Waals surface area contributed by atoms with E-state index in [0.717, 1.165) is 14.7 Å². The van der Waals surface area contributed by atoms with Crippen LogP contribution in [-0.4, -0.2) is 42.4 Å². The van der Waals surface area contributed by atoms with Crippen LogP contribution in [0.25, 0.3) is 0 Å². The highest BCUT2D eigenvalue weighted by Crippen LogP contribution is 2.56. The number of anilines is 2. The number of ketones is 1. The Morgan fingerprint density at radius 2 is 2.18 bits per heavy atom. The van der Waals surface area contributed by atoms with Gasteiger partial charge in [0, 0.05) is 47.8 Å². The number of nitrogens with two attached hydrogens (primary N) is 2. The zero-order chi connectivity index (χ0) is 20.6. The van der Waals surface area contributed by atoms with Gasteiger partial charge in [-0.1, -0.05) is 6.92 Å². The lowest BCUT2D eigenvalue weighted by atomic mass is 10.0. The molecule has 0 spiro atoms. The fourth-order valence-corrected chi connectivity index (χ4v) is 4.35. The molecule has 4 atom stereocenters. The summed E-state index contributed by atoms with van der Waals surface area (Å²) in [6.07, 6.45) is 3.85. The molecule has 3 heterocycles. The normalized spacial score (nSPS) is 20.6. The van der Waals surface area contributed by atoms with E-state index in [0.29, 0.717) is 0 Å². The standard InChI is InChI=1S/C17H25N7O3S/c1-4-10(25)7-24-16(26)12(15(19)23(3)17(24)27)22-8(2)11(18)14-13(28-14)9-5-20-21-6-9/h5-6,8,11,13-14,22H,4,7,18-19H2,1-3H3,(H,20,21)/t8-,11?,13-,14?/m0/s1. The van der Waals surface area contributed by atoms with Crippen LogP contribution in [0.3, 0.4) is 0 Å². The van der Waals surface area contributed by atoms with E-state index >= 15 is 0 Å². The van der Waals surface area contributed by atoms with E-state index < -0.39 is 11.2 Å². The van der Waals surface area contributed by atoms with Gasteiger partial charge < -0.3 is 16.8 Å². The van der Waals surface area contributed by atoms with Gasteiger partial charge in [0.05, 0.1) is 12.7 Å². The Hall–Kier alpha value is -2.53. The van der Waals surface area contributed by atoms with Crippen molar-refractivity contribution in [2.75, 3.05) is 11.1 Å². The van der Waals surface area contributed by atoms with Crippen LogP contribution in [0.15, 0.2) is 22.0 Å². The minimum atomic E-state index is -0.621. The number of nitrogens with one attached hydrogen (secondary N) is 2. The van der Waals surface area contributed by atoms with Crippen LogP contribution in [0.1, 0.15) is 31.1 Å². The third-order valence-electron chi connectivity index (χ3n) is 5.03. The first-order chi connectivity index (χ1) is 13.3. The molecule has 0 amide bonds. The number of thioether (sulfide) groups is 1. The summed E-state index contributed by atoms with van der Waals surface area (Å²) in [5.41, 5.74) is 12.3. The molecule has 11 heteroatoms. The molecule has 0 bridgehead atoms. The Bertz CT molecular complexity index is 982. The van der Waals surface area contributed by atoms with Gasteiger partial charge in [-0.2, -0.15) is 5.10 Å². The number of carbonyl (C=O) groups is 1. The summed E-state index contributed by atoms with van der Waals surface area (Å²) in [7, 11) is 1.46. The van der Waals surface area contributed by atoms with Gasteiger partial charge in [0.25, 0.3) is 5.56 Å². The Morgan fingerprint density at radius 1 is 1.46 bits per heavy atom. The van der Waals surface area contributed by atoms with E-state index in [1.807, 2.05) is 13.1 Å². The highest BCUT2D eigenvalue weighted by Gasteiger charge is 2.46. The third kappa shape index (κ3) is 3.72. The topological polar surface area (TPSA) is 154 Å². The maximum absolute atomic E-state index is 12.8. The summed E-state index contributed by atoms with van der Waals surface area (Å²) in [5.74, 6) is -0.193. The SMILES string of the molecule is CCC(=O)Cn1c(=O)c(N[C@@H](C)C(N)C2S[C@H]2c2cn[nH]c2)c(N)n(C)c1=O. The number of hydrogen-bond acceptors (Lipinski definition) is 8. The van der Waals surface area contributed by atoms with Gasteiger partial charge in [0.1, 0.15) is 11.5 Å². The van der Waals surface area contributed by atoms with Gasteiger partial charge >= 0.3 is 5.69 Å². The van der Waals surface area contributed by atoms with E-state index in [1.165, 1.54) is 7.05 Å². The molecule has 0 saturated carbocycles. The third-order valence-corrected chi connectivity index (χ3v) is 6.47. The number of nitrogen functional groups attached to an aromatic ring is 1. The number of hydrogen-bond donors (Lipinski definition) is 4. The number of aromatic amines is 1. The van der Waals surface area contributed by atoms with Crippen LogP contribution in [-0.2, 0) is 18.4 Å². The van der Waals surface area contributed by atoms with Crippen molar-refractivity contribution in [1.82, 2.24) is 19.3 Å². The minimum Gasteiger partial charge on any atom is -0.383 e. The molecule has 6 N–H and O–H groups in total. The van der Waals surface area contributed by atoms with Gasteiger partial charge in [0.2, 0.25) is 0 Å². The largest absolute Gasteiger partial charge is 0.383 e. The number of Topliss-reactive ketones (excluding diaryl/α,β-unsaturated/α-hetero) is 1. The summed E-state index contributed by atoms with van der Waals surface area (Å²) in [4.78, 5) is 36.9. The van der Waals surface area contributed by atoms with Gasteiger partial charge in [-0.05, 0) is 6.92 Å². The molecule has 1 aliphatic heterocycles. The van der Waals surface area contributed by atoms with Crippen molar-refractivity contribution in [3.05, 3.63) is 38.8 Å². The summed E-state index contributed by atoms with van der Waals surface area (Å²) >= 11 is 1.73. The lowest BCUT2D eigenvalue weighted by Gasteiger charge is -2.23. The van der Waals surface area contributed by atoms with Gasteiger partial charge in [0.15, 0.2) is 5.78 Å². The van der Waals surface area contributed by atoms with Crippen LogP contribution in [0.5, 0.6) is 0 Å². The van der Waals surface area contributed by atoms with E-state index in [-0.39, 0.29) is 52.8 Å². The second-order valence-electron chi connectivity index (χ2n) is 6.95. The van der Waals surface area contributed by atoms with Gasteiger partial charge in [-0.15, -0.1) is 11.8 Å². The van der Waals surface area contributed by atoms with E-state index in [4.69, 9.17) is 11.5 Å². The number of carbonyl (C=O) groups excluding carboxylic acids is 1. The molecule has 0 aromatic carbocycles. The van der Waals surface area contributed by atoms with Crippen molar-refractivity contribution in [2.45, 2.75) is 49.4 Å². The highest BCUT2D eigenvalue weighted by atomic mass is 32.2. The van der Waals surface area contributed by atoms with Crippen LogP contribution in [0, 0.1) is 0 Å². The first kappa shape index (κ1) is 20.2. The lowest BCUT2D eigenvalue weighted by Crippen LogP contribution is -2.47. The van der Waals surface area contributed by atoms with Crippen molar-refractivity contribution in [2.24, 2.45) is 12.8 Å². The Balaban J connectivity index is 1.82. The first-order valence-electron chi connectivity index (χ1n) is 9.03. The quantitative estimate of drug-likeness (QED) is 0.439. The maximum Gasteiger partial charge on any atom is 0.332 e. The van der Waals surface area contributed by atoms with Gasteiger partial charge in [-0.3, -0.25) is 23.8 Å². The summed E-state index contributed by atoms with van der Waals surface area (Å²) in [6, 6.07) is -0.538. The molecule has 1 aliphatic rings. The van der Waals surface area contributed by atoms with Crippen LogP contribution < -0.4 is 28.0 Å². The van der Waals surface area contributed by atoms with E-state index in [1.54, 1.807) is 24.9 Å². The van der Waals surface area contributed by atoms with E-state index in [9.17, 15) is 14.4 Å². The lowest BCUT2D eigenvalue weighted by molar-refractivity contribution is -0.119. The second kappa shape index (κ2) is 7.84. The molecule has 2 aromatic rings. The maximum atomic E-state index is 12.8. The highest BCUT2D eigenvalue weighted by molar-refractivity contribution is 8.07. The molecular formula is C17H25N7O3S. The Kier molecular flexibility index (Phi) is 5.66. The fraction of sp³-hybridized carbons (Fsp3) is 0.529. The molecular weight excluding hydrogens is 382 g/mol. The molecule has 1 saturated heterocycles. The number of rotatable bonds is 8. The molecule has 2 aromatic heterocycles. The molecule has 2 unspecified atom stereocenters. The predicted molar refractivity (Wildman–Crippen MR) is 109 cm³/mol. The van der Waals surface area contributed by atoms with Crippen LogP contribution >= 0.6 is 11.8 Å². The second-order valence-corrected chi connectivity index (χ2v) is 8.27. The minimum absolute atomic E-state index is 0.0177. The molecule has 10 nitrogen and oxygen atoms in total. The van der Waals surface area contributed by atoms with Crippen molar-refractivity contribution in [3.63, 3.8) is 0 Å². The van der Waals surface area contributed by atoms with Crippen molar-refractivity contribution in [1.29, 1.82) is 0 Å². The Labute approximate surface area is 165 Å². The number of H-pyrrole nitrogens is 1. The smallest absolute Gasteiger partial charge is 0.332 e. The fourth-order valence-electron chi connectivity index (χ4n) is 3.06. The molecule has 0 radical (unpaired) electrons. The van der Waals surface area contributed by atoms with Gasteiger partial charge in [-0.25, -0.2) is 4.79 Å². The molecule has 3 rings (SSSR count). The average Bonchev–Trinajstić information content (AvgIpc) is 3.30. The molecule has 28 heavy (non-hydrogen) atoms. The zero-order valence-corrected chi connectivity index (χ0v) is 16.8. The molecule has 152 valence electrons. The summed E-state index contributed by atoms with van der Waals surface area (Å²) < 4.78 is 2.06. The van der Waals surface area contributed by atoms with E-state index in [2.05, 4.69) is 15.5 Å². The number of nitrogens with zero attached hydrogens (tertiary/aromatic N) is 3. The summed E-state index contributed by atoms with van der Waals surface area (Å²) in [5, 5.41) is 10.3. The van der Waals surface area contributed by atoms with Crippen LogP contribution in [0.2, 0.25) is 0 Å². The van der Waals surface area contributed by atoms with Crippen LogP contribution in [0.4, 0.5) is 11.5 Å². The monoisotopic (exact) mass is 407 g/mol. The molecule has 0 aliphatic carbocycles. The molecule has 1 fully saturated rings. The first-order valence-corrected chi connectivity index (χ1v) is 9.97. The van der Waals surface area contributed by atoms with Crippen molar-refractivity contribution < 1.29 is 4.79 Å². The number of aromatic nitrogens is 4.